The van der Waals surface area contributed by atoms with Crippen molar-refractivity contribution in [3.05, 3.63) is 0 Å². The number of methoxy groups -OCH3 is 1. The molecule has 22 heavy (non-hydrogen) atoms. The summed E-state index contributed by atoms with van der Waals surface area (Å²) in [6.45, 7) is 7.72. The number of nitrogens with zero attached hydrogens (tertiary/aromatic N) is 2. The maximum absolute atomic E-state index is 11.0. The molecular weight excluding hydrogens is 393 g/mol. The van der Waals surface area contributed by atoms with Crippen LogP contribution in [0.15, 0.2) is 4.99 Å². The largest absolute Gasteiger partial charge is 0.469 e. The topological polar surface area (TPSA) is 53.9 Å². The van der Waals surface area contributed by atoms with Crippen molar-refractivity contribution in [2.24, 2.45) is 10.4 Å². The van der Waals surface area contributed by atoms with Crippen LogP contribution < -0.4 is 5.32 Å². The number of nitrogens with one attached hydrogen (secondary N) is 1. The lowest BCUT2D eigenvalue weighted by atomic mass is 9.93. The molecule has 1 saturated heterocycles. The van der Waals surface area contributed by atoms with Crippen LogP contribution in [0.25, 0.3) is 0 Å². The summed E-state index contributed by atoms with van der Waals surface area (Å²) in [6, 6.07) is 0. The van der Waals surface area contributed by atoms with E-state index in [1.54, 1.807) is 0 Å². The van der Waals surface area contributed by atoms with Gasteiger partial charge in [-0.2, -0.15) is 0 Å². The van der Waals surface area contributed by atoms with Gasteiger partial charge in [-0.05, 0) is 24.7 Å². The maximum Gasteiger partial charge on any atom is 0.305 e. The molecule has 1 heterocycles. The Kier molecular flexibility index (Phi) is 10.8. The van der Waals surface area contributed by atoms with Crippen LogP contribution >= 0.6 is 24.0 Å². The van der Waals surface area contributed by atoms with Crippen LogP contribution in [-0.4, -0.2) is 50.6 Å². The molecule has 1 aliphatic heterocycles. The number of carbonyl (C=O) groups is 1. The fraction of sp³-hybridized carbons (Fsp3) is 0.875. The molecule has 1 rings (SSSR count). The van der Waals surface area contributed by atoms with Crippen molar-refractivity contribution in [1.82, 2.24) is 10.2 Å². The zero-order chi connectivity index (χ0) is 15.7. The van der Waals surface area contributed by atoms with Crippen molar-refractivity contribution in [3.63, 3.8) is 0 Å². The van der Waals surface area contributed by atoms with Gasteiger partial charge in [-0.25, -0.2) is 0 Å². The lowest BCUT2D eigenvalue weighted by Gasteiger charge is -2.23. The molecule has 0 saturated carbocycles. The van der Waals surface area contributed by atoms with Crippen LogP contribution in [0.4, 0.5) is 0 Å². The third-order valence-corrected chi connectivity index (χ3v) is 4.01. The molecule has 5 nitrogen and oxygen atoms in total. The Bertz CT molecular complexity index is 359. The van der Waals surface area contributed by atoms with Gasteiger partial charge in [0.25, 0.3) is 0 Å². The second-order valence-corrected chi connectivity index (χ2v) is 6.55. The summed E-state index contributed by atoms with van der Waals surface area (Å²) >= 11 is 0. The maximum atomic E-state index is 11.0. The minimum Gasteiger partial charge on any atom is -0.469 e. The normalized spacial score (nSPS) is 17.1. The lowest BCUT2D eigenvalue weighted by molar-refractivity contribution is -0.140. The number of guanidine groups is 1. The molecular formula is C16H32IN3O2. The van der Waals surface area contributed by atoms with Gasteiger partial charge in [-0.3, -0.25) is 9.79 Å². The molecule has 0 radical (unpaired) electrons. The number of hydrogen-bond acceptors (Lipinski definition) is 3. The SMILES string of the molecule is CN=C(NCCCCCCC(=O)OC)N1CCC(C)(C)C1.I. The van der Waals surface area contributed by atoms with E-state index >= 15 is 0 Å². The lowest BCUT2D eigenvalue weighted by Crippen LogP contribution is -2.41. The standard InChI is InChI=1S/C16H31N3O2.HI/c1-16(2)10-12-19(13-16)15(17-3)18-11-8-6-5-7-9-14(20)21-4;/h5-13H2,1-4H3,(H,17,18);1H. The van der Waals surface area contributed by atoms with E-state index in [2.05, 4.69) is 33.8 Å². The Morgan fingerprint density at radius 1 is 1.27 bits per heavy atom. The van der Waals surface area contributed by atoms with Crippen molar-refractivity contribution < 1.29 is 9.53 Å². The molecule has 0 bridgehead atoms. The zero-order valence-electron chi connectivity index (χ0n) is 14.5. The Labute approximate surface area is 152 Å². The van der Waals surface area contributed by atoms with Gasteiger partial charge in [0.05, 0.1) is 7.11 Å². The quantitative estimate of drug-likeness (QED) is 0.224. The summed E-state index contributed by atoms with van der Waals surface area (Å²) in [6.07, 6.45) is 5.99. The number of carbonyl (C=O) groups excluding carboxylic acids is 1. The number of aliphatic imine (C=N–C) groups is 1. The van der Waals surface area contributed by atoms with Gasteiger partial charge in [0.2, 0.25) is 0 Å². The Morgan fingerprint density at radius 2 is 1.95 bits per heavy atom. The molecule has 0 spiro atoms. The minimum atomic E-state index is -0.106. The highest BCUT2D eigenvalue weighted by Gasteiger charge is 2.30. The molecule has 0 atom stereocenters. The molecule has 1 fully saturated rings. The number of halogens is 1. The van der Waals surface area contributed by atoms with Crippen molar-refractivity contribution in [3.8, 4) is 0 Å². The third-order valence-electron chi connectivity index (χ3n) is 4.01. The number of ether oxygens (including phenoxy) is 1. The second-order valence-electron chi connectivity index (χ2n) is 6.55. The molecule has 0 aromatic carbocycles. The van der Waals surface area contributed by atoms with E-state index < -0.39 is 0 Å². The van der Waals surface area contributed by atoms with Gasteiger partial charge < -0.3 is 15.0 Å². The average molecular weight is 425 g/mol. The molecule has 0 amide bonds. The van der Waals surface area contributed by atoms with Crippen molar-refractivity contribution in [2.75, 3.05) is 33.8 Å². The fourth-order valence-corrected chi connectivity index (χ4v) is 2.68. The first kappa shape index (κ1) is 21.5. The van der Waals surface area contributed by atoms with E-state index in [1.165, 1.54) is 13.5 Å². The van der Waals surface area contributed by atoms with E-state index in [4.69, 9.17) is 0 Å². The molecule has 0 unspecified atom stereocenters. The highest BCUT2D eigenvalue weighted by molar-refractivity contribution is 14.0. The first-order chi connectivity index (χ1) is 9.98. The summed E-state index contributed by atoms with van der Waals surface area (Å²) < 4.78 is 4.63. The third kappa shape index (κ3) is 8.19. The van der Waals surface area contributed by atoms with Crippen LogP contribution in [-0.2, 0) is 9.53 Å². The predicted octanol–water partition coefficient (Wildman–Crippen LogP) is 3.04. The summed E-state index contributed by atoms with van der Waals surface area (Å²) in [5.74, 6) is 0.917. The average Bonchev–Trinajstić information content (AvgIpc) is 2.81. The Hall–Kier alpha value is -0.530. The molecule has 0 aliphatic carbocycles. The number of esters is 1. The van der Waals surface area contributed by atoms with Crippen LogP contribution in [0.1, 0.15) is 52.4 Å². The van der Waals surface area contributed by atoms with E-state index in [0.717, 1.165) is 51.3 Å². The van der Waals surface area contributed by atoms with E-state index in [9.17, 15) is 4.79 Å². The summed E-state index contributed by atoms with van der Waals surface area (Å²) in [4.78, 5) is 17.7. The Morgan fingerprint density at radius 3 is 2.50 bits per heavy atom. The second kappa shape index (κ2) is 11.1. The number of likely N-dealkylation sites (tertiary alicyclic amines) is 1. The predicted molar refractivity (Wildman–Crippen MR) is 102 cm³/mol. The zero-order valence-corrected chi connectivity index (χ0v) is 16.8. The first-order valence-electron chi connectivity index (χ1n) is 8.01. The number of unbranched alkanes of at least 4 members (excludes halogenated alkanes) is 3. The molecule has 1 N–H and O–H groups in total. The number of hydrogen-bond donors (Lipinski definition) is 1. The van der Waals surface area contributed by atoms with E-state index in [1.807, 2.05) is 7.05 Å². The highest BCUT2D eigenvalue weighted by atomic mass is 127. The summed E-state index contributed by atoms with van der Waals surface area (Å²) in [7, 11) is 3.29. The molecule has 130 valence electrons. The van der Waals surface area contributed by atoms with Gasteiger partial charge in [-0.15, -0.1) is 24.0 Å². The molecule has 0 aromatic rings. The van der Waals surface area contributed by atoms with Crippen LogP contribution in [0, 0.1) is 5.41 Å². The van der Waals surface area contributed by atoms with E-state index in [0.29, 0.717) is 11.8 Å². The molecule has 6 heteroatoms. The van der Waals surface area contributed by atoms with E-state index in [-0.39, 0.29) is 29.9 Å². The van der Waals surface area contributed by atoms with Gasteiger partial charge in [0, 0.05) is 33.1 Å². The van der Waals surface area contributed by atoms with Crippen LogP contribution in [0.2, 0.25) is 0 Å². The Balaban J connectivity index is 0.00000441. The molecule has 0 aromatic heterocycles. The van der Waals surface area contributed by atoms with Gasteiger partial charge in [0.15, 0.2) is 5.96 Å². The van der Waals surface area contributed by atoms with Crippen LogP contribution in [0.3, 0.4) is 0 Å². The summed E-state index contributed by atoms with van der Waals surface area (Å²) in [5.41, 5.74) is 0.394. The van der Waals surface area contributed by atoms with Crippen molar-refractivity contribution in [1.29, 1.82) is 0 Å². The van der Waals surface area contributed by atoms with Crippen molar-refractivity contribution in [2.45, 2.75) is 52.4 Å². The van der Waals surface area contributed by atoms with Crippen LogP contribution in [0.5, 0.6) is 0 Å². The fourth-order valence-electron chi connectivity index (χ4n) is 2.68. The summed E-state index contributed by atoms with van der Waals surface area (Å²) in [5, 5.41) is 3.44. The van der Waals surface area contributed by atoms with Crippen molar-refractivity contribution >= 4 is 35.9 Å². The van der Waals surface area contributed by atoms with Gasteiger partial charge in [0.1, 0.15) is 0 Å². The van der Waals surface area contributed by atoms with Gasteiger partial charge >= 0.3 is 5.97 Å². The number of rotatable bonds is 7. The highest BCUT2D eigenvalue weighted by Crippen LogP contribution is 2.28. The minimum absolute atomic E-state index is 0. The molecule has 1 aliphatic rings. The monoisotopic (exact) mass is 425 g/mol. The first-order valence-corrected chi connectivity index (χ1v) is 8.01. The smallest absolute Gasteiger partial charge is 0.305 e. The van der Waals surface area contributed by atoms with Gasteiger partial charge in [-0.1, -0.05) is 26.7 Å².